The first-order valence-corrected chi connectivity index (χ1v) is 5.32. The number of hydrogen-bond acceptors (Lipinski definition) is 3. The molecular weight excluding hydrogens is 231 g/mol. The summed E-state index contributed by atoms with van der Waals surface area (Å²) in [4.78, 5) is 4.15. The lowest BCUT2D eigenvalue weighted by molar-refractivity contribution is 0.329. The van der Waals surface area contributed by atoms with Gasteiger partial charge >= 0.3 is 0 Å². The number of hydrogen-bond donors (Lipinski definition) is 0. The van der Waals surface area contributed by atoms with Crippen LogP contribution in [0.3, 0.4) is 0 Å². The largest absolute Gasteiger partial charge is 0.358 e. The molecule has 2 aromatic heterocycles. The molecule has 0 bridgehead atoms. The first-order chi connectivity index (χ1) is 7.76. The average molecular weight is 241 g/mol. The van der Waals surface area contributed by atoms with E-state index in [0.717, 1.165) is 11.3 Å². The zero-order chi connectivity index (χ0) is 11.5. The molecule has 84 valence electrons. The lowest BCUT2D eigenvalue weighted by Crippen LogP contribution is -1.88. The van der Waals surface area contributed by atoms with Crippen LogP contribution in [-0.4, -0.2) is 10.1 Å². The van der Waals surface area contributed by atoms with Crippen molar-refractivity contribution in [3.63, 3.8) is 0 Å². The predicted molar refractivity (Wildman–Crippen MR) is 58.8 cm³/mol. The molecule has 16 heavy (non-hydrogen) atoms. The SMILES string of the molecule is Cc1ccc(-c2noc(CF)c2CCl)cn1. The highest BCUT2D eigenvalue weighted by Crippen LogP contribution is 2.27. The molecule has 3 nitrogen and oxygen atoms in total. The van der Waals surface area contributed by atoms with Gasteiger partial charge < -0.3 is 4.52 Å². The van der Waals surface area contributed by atoms with Gasteiger partial charge in [-0.3, -0.25) is 4.98 Å². The summed E-state index contributed by atoms with van der Waals surface area (Å²) >= 11 is 5.75. The monoisotopic (exact) mass is 240 g/mol. The first-order valence-electron chi connectivity index (χ1n) is 4.78. The highest BCUT2D eigenvalue weighted by atomic mass is 35.5. The average Bonchev–Trinajstić information content (AvgIpc) is 2.72. The van der Waals surface area contributed by atoms with Crippen molar-refractivity contribution in [2.24, 2.45) is 0 Å². The van der Waals surface area contributed by atoms with Gasteiger partial charge in [-0.05, 0) is 19.1 Å². The summed E-state index contributed by atoms with van der Waals surface area (Å²) in [6.07, 6.45) is 1.67. The summed E-state index contributed by atoms with van der Waals surface area (Å²) in [5.41, 5.74) is 2.85. The molecule has 2 rings (SSSR count). The van der Waals surface area contributed by atoms with E-state index in [2.05, 4.69) is 10.1 Å². The molecule has 2 aromatic rings. The zero-order valence-corrected chi connectivity index (χ0v) is 9.46. The zero-order valence-electron chi connectivity index (χ0n) is 8.70. The number of alkyl halides is 2. The van der Waals surface area contributed by atoms with Gasteiger partial charge in [-0.25, -0.2) is 4.39 Å². The van der Waals surface area contributed by atoms with Gasteiger partial charge in [0.05, 0.1) is 5.88 Å². The molecule has 2 heterocycles. The third-order valence-corrected chi connectivity index (χ3v) is 2.58. The van der Waals surface area contributed by atoms with Crippen molar-refractivity contribution >= 4 is 11.6 Å². The van der Waals surface area contributed by atoms with Gasteiger partial charge in [0.15, 0.2) is 12.4 Å². The third kappa shape index (κ3) is 1.93. The van der Waals surface area contributed by atoms with Gasteiger partial charge in [0.25, 0.3) is 0 Å². The van der Waals surface area contributed by atoms with Crippen molar-refractivity contribution in [3.05, 3.63) is 35.3 Å². The Bertz CT molecular complexity index is 481. The number of aromatic nitrogens is 2. The van der Waals surface area contributed by atoms with Crippen LogP contribution >= 0.6 is 11.6 Å². The summed E-state index contributed by atoms with van der Waals surface area (Å²) in [7, 11) is 0. The van der Waals surface area contributed by atoms with Gasteiger partial charge in [-0.2, -0.15) is 0 Å². The van der Waals surface area contributed by atoms with Crippen LogP contribution in [0.15, 0.2) is 22.9 Å². The second-order valence-electron chi connectivity index (χ2n) is 3.39. The lowest BCUT2D eigenvalue weighted by atomic mass is 10.1. The molecule has 0 N–H and O–H groups in total. The molecular formula is C11H10ClFN2O. The molecule has 0 aliphatic heterocycles. The van der Waals surface area contributed by atoms with Gasteiger partial charge in [0.1, 0.15) is 5.69 Å². The van der Waals surface area contributed by atoms with Crippen LogP contribution in [-0.2, 0) is 12.6 Å². The summed E-state index contributed by atoms with van der Waals surface area (Å²) in [5, 5.41) is 3.82. The Hall–Kier alpha value is -1.42. The maximum absolute atomic E-state index is 12.6. The minimum Gasteiger partial charge on any atom is -0.358 e. The molecule has 0 aliphatic rings. The van der Waals surface area contributed by atoms with Crippen LogP contribution in [0.2, 0.25) is 0 Å². The Morgan fingerprint density at radius 2 is 2.25 bits per heavy atom. The van der Waals surface area contributed by atoms with Crippen LogP contribution in [0.25, 0.3) is 11.3 Å². The molecule has 0 fully saturated rings. The van der Waals surface area contributed by atoms with E-state index in [9.17, 15) is 4.39 Å². The van der Waals surface area contributed by atoms with E-state index in [0.29, 0.717) is 11.3 Å². The Morgan fingerprint density at radius 1 is 1.44 bits per heavy atom. The predicted octanol–water partition coefficient (Wildman–Crippen LogP) is 3.25. The minimum atomic E-state index is -0.700. The second-order valence-corrected chi connectivity index (χ2v) is 3.66. The van der Waals surface area contributed by atoms with Gasteiger partial charge in [0, 0.05) is 23.0 Å². The molecule has 0 radical (unpaired) electrons. The minimum absolute atomic E-state index is 0.173. The fraction of sp³-hybridized carbons (Fsp3) is 0.273. The van der Waals surface area contributed by atoms with Crippen molar-refractivity contribution in [2.75, 3.05) is 0 Å². The fourth-order valence-corrected chi connectivity index (χ4v) is 1.70. The molecule has 0 saturated carbocycles. The Labute approximate surface area is 97.2 Å². The standard InChI is InChI=1S/C11H10ClFN2O/c1-7-2-3-8(6-14-7)11-9(4-12)10(5-13)16-15-11/h2-3,6H,4-5H2,1H3. The summed E-state index contributed by atoms with van der Waals surface area (Å²) in [5.74, 6) is 0.358. The van der Waals surface area contributed by atoms with E-state index in [1.165, 1.54) is 0 Å². The van der Waals surface area contributed by atoms with Crippen LogP contribution in [0.1, 0.15) is 17.0 Å². The van der Waals surface area contributed by atoms with Gasteiger partial charge in [-0.1, -0.05) is 5.16 Å². The van der Waals surface area contributed by atoms with Gasteiger partial charge in [0.2, 0.25) is 0 Å². The molecule has 5 heteroatoms. The molecule has 0 aliphatic carbocycles. The van der Waals surface area contributed by atoms with E-state index < -0.39 is 6.67 Å². The van der Waals surface area contributed by atoms with E-state index in [-0.39, 0.29) is 11.6 Å². The molecule has 0 unspecified atom stereocenters. The Morgan fingerprint density at radius 3 is 2.81 bits per heavy atom. The van der Waals surface area contributed by atoms with Crippen molar-refractivity contribution in [2.45, 2.75) is 19.5 Å². The van der Waals surface area contributed by atoms with E-state index in [4.69, 9.17) is 16.1 Å². The highest BCUT2D eigenvalue weighted by molar-refractivity contribution is 6.17. The summed E-state index contributed by atoms with van der Waals surface area (Å²) in [6, 6.07) is 3.72. The number of rotatable bonds is 3. The summed E-state index contributed by atoms with van der Waals surface area (Å²) < 4.78 is 17.4. The topological polar surface area (TPSA) is 38.9 Å². The number of halogens is 2. The molecule has 0 saturated heterocycles. The molecule has 0 atom stereocenters. The quantitative estimate of drug-likeness (QED) is 0.773. The number of pyridine rings is 1. The lowest BCUT2D eigenvalue weighted by Gasteiger charge is -1.99. The smallest absolute Gasteiger partial charge is 0.172 e. The first kappa shape index (κ1) is 11.1. The van der Waals surface area contributed by atoms with Crippen molar-refractivity contribution in [1.82, 2.24) is 10.1 Å². The van der Waals surface area contributed by atoms with Crippen LogP contribution < -0.4 is 0 Å². The number of nitrogens with zero attached hydrogens (tertiary/aromatic N) is 2. The fourth-order valence-electron chi connectivity index (χ4n) is 1.42. The number of aryl methyl sites for hydroxylation is 1. The van der Waals surface area contributed by atoms with Crippen LogP contribution in [0.5, 0.6) is 0 Å². The Kier molecular flexibility index (Phi) is 3.19. The van der Waals surface area contributed by atoms with Crippen LogP contribution in [0, 0.1) is 6.92 Å². The van der Waals surface area contributed by atoms with E-state index in [1.54, 1.807) is 6.20 Å². The third-order valence-electron chi connectivity index (χ3n) is 2.31. The normalized spacial score (nSPS) is 10.7. The molecule has 0 amide bonds. The maximum Gasteiger partial charge on any atom is 0.172 e. The second kappa shape index (κ2) is 4.61. The van der Waals surface area contributed by atoms with Crippen molar-refractivity contribution in [1.29, 1.82) is 0 Å². The van der Waals surface area contributed by atoms with Crippen LogP contribution in [0.4, 0.5) is 4.39 Å². The summed E-state index contributed by atoms with van der Waals surface area (Å²) in [6.45, 7) is 1.19. The highest BCUT2D eigenvalue weighted by Gasteiger charge is 2.16. The molecule has 0 aromatic carbocycles. The van der Waals surface area contributed by atoms with E-state index in [1.807, 2.05) is 19.1 Å². The van der Waals surface area contributed by atoms with Crippen molar-refractivity contribution < 1.29 is 8.91 Å². The Balaban J connectivity index is 2.47. The van der Waals surface area contributed by atoms with E-state index >= 15 is 0 Å². The molecule has 0 spiro atoms. The maximum atomic E-state index is 12.6. The van der Waals surface area contributed by atoms with Gasteiger partial charge in [-0.15, -0.1) is 11.6 Å². The van der Waals surface area contributed by atoms with Crippen molar-refractivity contribution in [3.8, 4) is 11.3 Å².